The normalized spacial score (nSPS) is 14.3. The lowest BCUT2D eigenvalue weighted by molar-refractivity contribution is 0.0955. The molecule has 0 aliphatic heterocycles. The van der Waals surface area contributed by atoms with E-state index in [1.807, 2.05) is 12.1 Å². The second-order valence-corrected chi connectivity index (χ2v) is 5.36. The minimum Gasteiger partial charge on any atom is -0.370 e. The van der Waals surface area contributed by atoms with E-state index in [1.165, 1.54) is 0 Å². The van der Waals surface area contributed by atoms with Crippen LogP contribution >= 0.6 is 32.9 Å². The molecular formula is C13H18Br2N4O. The molecule has 1 aromatic rings. The van der Waals surface area contributed by atoms with Crippen molar-refractivity contribution in [1.29, 1.82) is 0 Å². The smallest absolute Gasteiger partial charge is 0.251 e. The Bertz CT molecular complexity index is 472. The molecule has 4 N–H and O–H groups in total. The van der Waals surface area contributed by atoms with Gasteiger partial charge in [-0.1, -0.05) is 15.9 Å². The van der Waals surface area contributed by atoms with E-state index < -0.39 is 0 Å². The molecular weight excluding hydrogens is 388 g/mol. The van der Waals surface area contributed by atoms with Gasteiger partial charge >= 0.3 is 0 Å². The number of hydrogen-bond acceptors (Lipinski definition) is 2. The van der Waals surface area contributed by atoms with E-state index in [0.29, 0.717) is 30.7 Å². The van der Waals surface area contributed by atoms with Crippen molar-refractivity contribution < 1.29 is 4.79 Å². The number of carbonyl (C=O) groups is 1. The van der Waals surface area contributed by atoms with E-state index in [9.17, 15) is 4.79 Å². The zero-order valence-electron chi connectivity index (χ0n) is 10.9. The van der Waals surface area contributed by atoms with Crippen LogP contribution in [-0.2, 0) is 0 Å². The lowest BCUT2D eigenvalue weighted by Crippen LogP contribution is -2.34. The summed E-state index contributed by atoms with van der Waals surface area (Å²) in [5.41, 5.74) is 6.32. The van der Waals surface area contributed by atoms with Crippen LogP contribution in [0.15, 0.2) is 33.7 Å². The van der Waals surface area contributed by atoms with Crippen LogP contribution < -0.4 is 16.4 Å². The minimum atomic E-state index is -0.101. The molecule has 0 saturated heterocycles. The van der Waals surface area contributed by atoms with Gasteiger partial charge in [0.1, 0.15) is 0 Å². The van der Waals surface area contributed by atoms with Crippen LogP contribution in [0, 0.1) is 0 Å². The summed E-state index contributed by atoms with van der Waals surface area (Å²) in [5.74, 6) is 0.358. The van der Waals surface area contributed by atoms with Gasteiger partial charge in [0.25, 0.3) is 5.91 Å². The average molecular weight is 406 g/mol. The first-order valence-electron chi connectivity index (χ1n) is 6.25. The summed E-state index contributed by atoms with van der Waals surface area (Å²) < 4.78 is 0.951. The van der Waals surface area contributed by atoms with Gasteiger partial charge in [-0.05, 0) is 37.1 Å². The van der Waals surface area contributed by atoms with Crippen LogP contribution in [0.1, 0.15) is 23.2 Å². The number of nitrogens with zero attached hydrogens (tertiary/aromatic N) is 1. The molecule has 5 nitrogen and oxygen atoms in total. The molecule has 0 radical (unpaired) electrons. The molecule has 1 aliphatic rings. The Morgan fingerprint density at radius 1 is 1.35 bits per heavy atom. The van der Waals surface area contributed by atoms with E-state index in [4.69, 9.17) is 5.73 Å². The monoisotopic (exact) mass is 404 g/mol. The Kier molecular flexibility index (Phi) is 7.01. The van der Waals surface area contributed by atoms with Gasteiger partial charge in [-0.2, -0.15) is 0 Å². The van der Waals surface area contributed by atoms with Crippen LogP contribution in [0.5, 0.6) is 0 Å². The van der Waals surface area contributed by atoms with Crippen molar-refractivity contribution in [2.45, 2.75) is 18.9 Å². The third-order valence-corrected chi connectivity index (χ3v) is 3.24. The van der Waals surface area contributed by atoms with Crippen molar-refractivity contribution in [2.24, 2.45) is 10.7 Å². The summed E-state index contributed by atoms with van der Waals surface area (Å²) in [6.45, 7) is 0.954. The number of aliphatic imine (C=N–C) groups is 1. The fraction of sp³-hybridized carbons (Fsp3) is 0.385. The highest BCUT2D eigenvalue weighted by atomic mass is 79.9. The predicted octanol–water partition coefficient (Wildman–Crippen LogP) is 1.82. The molecule has 1 fully saturated rings. The summed E-state index contributed by atoms with van der Waals surface area (Å²) in [4.78, 5) is 15.9. The second kappa shape index (κ2) is 8.26. The van der Waals surface area contributed by atoms with Crippen molar-refractivity contribution in [1.82, 2.24) is 10.6 Å². The second-order valence-electron chi connectivity index (χ2n) is 4.45. The fourth-order valence-electron chi connectivity index (χ4n) is 1.53. The number of halogens is 2. The van der Waals surface area contributed by atoms with Gasteiger partial charge in [0.2, 0.25) is 0 Å². The molecule has 0 unspecified atom stereocenters. The fourth-order valence-corrected chi connectivity index (χ4v) is 1.80. The highest BCUT2D eigenvalue weighted by Gasteiger charge is 2.21. The Morgan fingerprint density at radius 3 is 2.60 bits per heavy atom. The number of hydrogen-bond donors (Lipinski definition) is 3. The molecule has 0 bridgehead atoms. The zero-order chi connectivity index (χ0) is 13.7. The topological polar surface area (TPSA) is 79.5 Å². The number of benzene rings is 1. The zero-order valence-corrected chi connectivity index (χ0v) is 14.2. The molecule has 0 atom stereocenters. The van der Waals surface area contributed by atoms with E-state index in [0.717, 1.165) is 17.3 Å². The van der Waals surface area contributed by atoms with Gasteiger partial charge in [0.15, 0.2) is 5.96 Å². The Balaban J connectivity index is 0.00000200. The van der Waals surface area contributed by atoms with Crippen LogP contribution in [-0.4, -0.2) is 31.0 Å². The first kappa shape index (κ1) is 17.0. The maximum atomic E-state index is 11.8. The van der Waals surface area contributed by atoms with Gasteiger partial charge in [-0.15, -0.1) is 17.0 Å². The number of carbonyl (C=O) groups excluding carboxylic acids is 1. The molecule has 1 aromatic carbocycles. The Labute approximate surface area is 137 Å². The molecule has 110 valence electrons. The Hall–Kier alpha value is -1.08. The summed E-state index contributed by atoms with van der Waals surface area (Å²) in [6, 6.07) is 7.72. The lowest BCUT2D eigenvalue weighted by atomic mass is 10.2. The van der Waals surface area contributed by atoms with Gasteiger partial charge in [-0.25, -0.2) is 0 Å². The Morgan fingerprint density at radius 2 is 2.00 bits per heavy atom. The third-order valence-electron chi connectivity index (χ3n) is 2.72. The number of rotatable bonds is 5. The lowest BCUT2D eigenvalue weighted by Gasteiger charge is -2.05. The SMILES string of the molecule is Br.NC(=NCCNC(=O)c1ccc(Br)cc1)NC1CC1. The van der Waals surface area contributed by atoms with E-state index in [1.54, 1.807) is 12.1 Å². The van der Waals surface area contributed by atoms with Crippen molar-refractivity contribution in [3.63, 3.8) is 0 Å². The molecule has 7 heteroatoms. The number of guanidine groups is 1. The minimum absolute atomic E-state index is 0. The van der Waals surface area contributed by atoms with Crippen LogP contribution in [0.2, 0.25) is 0 Å². The van der Waals surface area contributed by atoms with Gasteiger partial charge in [-0.3, -0.25) is 9.79 Å². The summed E-state index contributed by atoms with van der Waals surface area (Å²) >= 11 is 3.33. The largest absolute Gasteiger partial charge is 0.370 e. The van der Waals surface area contributed by atoms with Gasteiger partial charge < -0.3 is 16.4 Å². The highest BCUT2D eigenvalue weighted by Crippen LogP contribution is 2.17. The third kappa shape index (κ3) is 5.92. The molecule has 2 rings (SSSR count). The first-order chi connectivity index (χ1) is 9.15. The highest BCUT2D eigenvalue weighted by molar-refractivity contribution is 9.10. The molecule has 0 aromatic heterocycles. The van der Waals surface area contributed by atoms with Crippen LogP contribution in [0.25, 0.3) is 0 Å². The maximum absolute atomic E-state index is 11.8. The summed E-state index contributed by atoms with van der Waals surface area (Å²) in [7, 11) is 0. The quantitative estimate of drug-likeness (QED) is 0.397. The molecule has 0 heterocycles. The predicted molar refractivity (Wildman–Crippen MR) is 89.4 cm³/mol. The average Bonchev–Trinajstić information content (AvgIpc) is 3.19. The molecule has 0 spiro atoms. The number of nitrogens with one attached hydrogen (secondary N) is 2. The molecule has 1 aliphatic carbocycles. The van der Waals surface area contributed by atoms with Crippen molar-refractivity contribution in [3.8, 4) is 0 Å². The van der Waals surface area contributed by atoms with Gasteiger partial charge in [0.05, 0.1) is 6.54 Å². The van der Waals surface area contributed by atoms with Crippen LogP contribution in [0.4, 0.5) is 0 Å². The standard InChI is InChI=1S/C13H17BrN4O.BrH/c14-10-3-1-9(2-4-10)12(19)16-7-8-17-13(15)18-11-5-6-11;/h1-4,11H,5-8H2,(H,16,19)(H3,15,17,18);1H. The molecule has 1 amide bonds. The molecule has 20 heavy (non-hydrogen) atoms. The van der Waals surface area contributed by atoms with Crippen molar-refractivity contribution in [2.75, 3.05) is 13.1 Å². The first-order valence-corrected chi connectivity index (χ1v) is 7.04. The van der Waals surface area contributed by atoms with E-state index in [-0.39, 0.29) is 22.9 Å². The molecule has 1 saturated carbocycles. The van der Waals surface area contributed by atoms with Crippen molar-refractivity contribution in [3.05, 3.63) is 34.3 Å². The van der Waals surface area contributed by atoms with Crippen molar-refractivity contribution >= 4 is 44.8 Å². The number of nitrogens with two attached hydrogens (primary N) is 1. The summed E-state index contributed by atoms with van der Waals surface area (Å²) in [6.07, 6.45) is 2.33. The summed E-state index contributed by atoms with van der Waals surface area (Å²) in [5, 5.41) is 5.89. The number of amides is 1. The van der Waals surface area contributed by atoms with E-state index in [2.05, 4.69) is 31.6 Å². The maximum Gasteiger partial charge on any atom is 0.251 e. The van der Waals surface area contributed by atoms with Crippen LogP contribution in [0.3, 0.4) is 0 Å². The van der Waals surface area contributed by atoms with Gasteiger partial charge in [0, 0.05) is 22.6 Å². The van der Waals surface area contributed by atoms with E-state index >= 15 is 0 Å².